The van der Waals surface area contributed by atoms with Crippen molar-refractivity contribution >= 4 is 15.8 Å². The van der Waals surface area contributed by atoms with E-state index in [0.717, 1.165) is 6.26 Å². The molecule has 0 bridgehead atoms. The van der Waals surface area contributed by atoms with Crippen LogP contribution in [0.2, 0.25) is 0 Å². The van der Waals surface area contributed by atoms with E-state index in [1.54, 1.807) is 29.7 Å². The van der Waals surface area contributed by atoms with Gasteiger partial charge in [0.05, 0.1) is 17.2 Å². The van der Waals surface area contributed by atoms with Gasteiger partial charge < -0.3 is 20.2 Å². The second kappa shape index (κ2) is 9.23. The summed E-state index contributed by atoms with van der Waals surface area (Å²) < 4.78 is 39.3. The van der Waals surface area contributed by atoms with Gasteiger partial charge in [0.25, 0.3) is 5.09 Å². The average Bonchev–Trinajstić information content (AvgIpc) is 3.10. The molecule has 0 radical (unpaired) electrons. The maximum atomic E-state index is 14.0. The van der Waals surface area contributed by atoms with Gasteiger partial charge in [0.2, 0.25) is 0 Å². The molecule has 0 aliphatic rings. The summed E-state index contributed by atoms with van der Waals surface area (Å²) in [5, 5.41) is 19.4. The summed E-state index contributed by atoms with van der Waals surface area (Å²) in [5.74, 6) is -1.96. The molecule has 1 aromatic heterocycles. The molecule has 34 heavy (non-hydrogen) atoms. The largest absolute Gasteiger partial charge is 0.480 e. The first-order chi connectivity index (χ1) is 15.8. The van der Waals surface area contributed by atoms with Crippen LogP contribution in [0.15, 0.2) is 59.5 Å². The first-order valence-electron chi connectivity index (χ1n) is 9.93. The van der Waals surface area contributed by atoms with Gasteiger partial charge in [0.15, 0.2) is 9.84 Å². The summed E-state index contributed by atoms with van der Waals surface area (Å²) in [7, 11) is -3.45. The number of benzene rings is 2. The lowest BCUT2D eigenvalue weighted by Crippen LogP contribution is -2.46. The van der Waals surface area contributed by atoms with E-state index >= 15 is 0 Å². The van der Waals surface area contributed by atoms with Crippen molar-refractivity contribution in [3.8, 4) is 16.9 Å². The Morgan fingerprint density at radius 3 is 2.41 bits per heavy atom. The average molecular weight is 491 g/mol. The Labute approximate surface area is 194 Å². The maximum absolute atomic E-state index is 14.0. The van der Waals surface area contributed by atoms with Crippen LogP contribution in [0.4, 0.5) is 4.39 Å². The van der Waals surface area contributed by atoms with Gasteiger partial charge in [-0.3, -0.25) is 0 Å². The number of sulfone groups is 1. The van der Waals surface area contributed by atoms with Crippen LogP contribution in [-0.2, 0) is 25.0 Å². The van der Waals surface area contributed by atoms with Gasteiger partial charge in [0, 0.05) is 29.6 Å². The zero-order valence-corrected chi connectivity index (χ0v) is 19.1. The number of aliphatic carboxylic acids is 1. The van der Waals surface area contributed by atoms with Gasteiger partial charge >= 0.3 is 5.97 Å². The molecule has 3 N–H and O–H groups in total. The number of aromatic nitrogens is 1. The molecule has 0 aliphatic heterocycles. The summed E-state index contributed by atoms with van der Waals surface area (Å²) in [6.07, 6.45) is 0.659. The molecule has 12 heteroatoms. The van der Waals surface area contributed by atoms with E-state index in [1.807, 2.05) is 0 Å². The molecule has 3 rings (SSSR count). The highest BCUT2D eigenvalue weighted by Crippen LogP contribution is 2.36. The van der Waals surface area contributed by atoms with E-state index < -0.39 is 45.3 Å². The smallest absolute Gasteiger partial charge is 0.328 e. The minimum atomic E-state index is -3.45. The third kappa shape index (κ3) is 4.92. The molecule has 0 aliphatic carbocycles. The molecule has 1 heterocycles. The Hall–Kier alpha value is -3.77. The topological polar surface area (TPSA) is 155 Å². The number of carboxylic acids is 1. The summed E-state index contributed by atoms with van der Waals surface area (Å²) >= 11 is 0. The summed E-state index contributed by atoms with van der Waals surface area (Å²) in [6.45, 7) is 1.03. The molecular weight excluding hydrogens is 469 g/mol. The standard InChI is InChI=1S/C22H22FN3O7S/c1-14-19(22(24,21(27)28)10-11-33-26(29)30)13-20(25(14)17-5-3-4-16(23)12-17)15-6-8-18(9-7-15)34(2,31)32/h3-9,12-13H,10-11,24H2,1-2H3,(H,27,28). The quantitative estimate of drug-likeness (QED) is 0.342. The zero-order valence-electron chi connectivity index (χ0n) is 18.3. The van der Waals surface area contributed by atoms with Crippen LogP contribution >= 0.6 is 0 Å². The van der Waals surface area contributed by atoms with Crippen molar-refractivity contribution in [3.63, 3.8) is 0 Å². The van der Waals surface area contributed by atoms with Crippen molar-refractivity contribution in [2.45, 2.75) is 23.8 Å². The van der Waals surface area contributed by atoms with Gasteiger partial charge in [-0.15, -0.1) is 10.1 Å². The van der Waals surface area contributed by atoms with Crippen LogP contribution in [0, 0.1) is 22.9 Å². The van der Waals surface area contributed by atoms with E-state index in [9.17, 15) is 32.8 Å². The van der Waals surface area contributed by atoms with E-state index in [2.05, 4.69) is 4.84 Å². The number of halogens is 1. The third-order valence-corrected chi connectivity index (χ3v) is 6.58. The molecule has 10 nitrogen and oxygen atoms in total. The Morgan fingerprint density at radius 2 is 1.88 bits per heavy atom. The third-order valence-electron chi connectivity index (χ3n) is 5.45. The van der Waals surface area contributed by atoms with Gasteiger partial charge in [0.1, 0.15) is 11.4 Å². The number of hydrogen-bond donors (Lipinski definition) is 2. The first-order valence-corrected chi connectivity index (χ1v) is 11.8. The molecule has 0 fully saturated rings. The maximum Gasteiger partial charge on any atom is 0.328 e. The fraction of sp³-hybridized carbons (Fsp3) is 0.227. The molecule has 0 saturated heterocycles. The Kier molecular flexibility index (Phi) is 6.75. The number of nitrogens with zero attached hydrogens (tertiary/aromatic N) is 2. The lowest BCUT2D eigenvalue weighted by atomic mass is 9.87. The predicted octanol–water partition coefficient (Wildman–Crippen LogP) is 2.83. The molecule has 2 aromatic carbocycles. The molecule has 0 saturated carbocycles. The molecule has 0 amide bonds. The van der Waals surface area contributed by atoms with E-state index in [-0.39, 0.29) is 10.5 Å². The first kappa shape index (κ1) is 24.9. The van der Waals surface area contributed by atoms with Crippen molar-refractivity contribution < 1.29 is 32.6 Å². The number of carboxylic acid groups (broad SMARTS) is 1. The molecular formula is C22H22FN3O7S. The Morgan fingerprint density at radius 1 is 1.24 bits per heavy atom. The summed E-state index contributed by atoms with van der Waals surface area (Å²) in [5.41, 5.74) is 5.98. The SMILES string of the molecule is Cc1c(C(N)(CCO[N+](=O)[O-])C(=O)O)cc(-c2ccc(S(C)(=O)=O)cc2)n1-c1cccc(F)c1. The van der Waals surface area contributed by atoms with Crippen LogP contribution in [-0.4, -0.2) is 42.0 Å². The zero-order chi connectivity index (χ0) is 25.3. The molecule has 1 unspecified atom stereocenters. The van der Waals surface area contributed by atoms with Crippen molar-refractivity contribution in [1.82, 2.24) is 4.57 Å². The minimum Gasteiger partial charge on any atom is -0.480 e. The van der Waals surface area contributed by atoms with E-state index in [0.29, 0.717) is 22.6 Å². The van der Waals surface area contributed by atoms with Crippen LogP contribution in [0.1, 0.15) is 17.7 Å². The lowest BCUT2D eigenvalue weighted by Gasteiger charge is -2.25. The number of nitrogens with two attached hydrogens (primary N) is 1. The lowest BCUT2D eigenvalue weighted by molar-refractivity contribution is -0.758. The van der Waals surface area contributed by atoms with Gasteiger partial charge in [-0.1, -0.05) is 18.2 Å². The monoisotopic (exact) mass is 491 g/mol. The Balaban J connectivity index is 2.23. The Bertz CT molecular complexity index is 1350. The summed E-state index contributed by atoms with van der Waals surface area (Å²) in [4.78, 5) is 27.1. The van der Waals surface area contributed by atoms with E-state index in [4.69, 9.17) is 5.73 Å². The van der Waals surface area contributed by atoms with Crippen LogP contribution in [0.25, 0.3) is 16.9 Å². The highest BCUT2D eigenvalue weighted by atomic mass is 32.2. The number of rotatable bonds is 9. The fourth-order valence-electron chi connectivity index (χ4n) is 3.73. The van der Waals surface area contributed by atoms with Crippen LogP contribution in [0.5, 0.6) is 0 Å². The highest BCUT2D eigenvalue weighted by molar-refractivity contribution is 7.90. The van der Waals surface area contributed by atoms with Gasteiger partial charge in [-0.05, 0) is 48.9 Å². The van der Waals surface area contributed by atoms with Crippen molar-refractivity contribution in [2.75, 3.05) is 12.9 Å². The normalized spacial score (nSPS) is 13.3. The fourth-order valence-corrected chi connectivity index (χ4v) is 4.36. The molecule has 3 aromatic rings. The second-order valence-electron chi connectivity index (χ2n) is 7.72. The van der Waals surface area contributed by atoms with Gasteiger partial charge in [-0.25, -0.2) is 17.6 Å². The van der Waals surface area contributed by atoms with Crippen molar-refractivity contribution in [3.05, 3.63) is 81.8 Å². The minimum absolute atomic E-state index is 0.0905. The summed E-state index contributed by atoms with van der Waals surface area (Å²) in [6, 6.07) is 13.0. The molecule has 0 spiro atoms. The molecule has 180 valence electrons. The van der Waals surface area contributed by atoms with Crippen LogP contribution in [0.3, 0.4) is 0 Å². The van der Waals surface area contributed by atoms with Crippen molar-refractivity contribution in [1.29, 1.82) is 0 Å². The number of hydrogen-bond acceptors (Lipinski definition) is 7. The van der Waals surface area contributed by atoms with Crippen LogP contribution < -0.4 is 5.73 Å². The predicted molar refractivity (Wildman–Crippen MR) is 120 cm³/mol. The molecule has 1 atom stereocenters. The number of carbonyl (C=O) groups is 1. The van der Waals surface area contributed by atoms with E-state index in [1.165, 1.54) is 36.4 Å². The highest BCUT2D eigenvalue weighted by Gasteiger charge is 2.39. The van der Waals surface area contributed by atoms with Gasteiger partial charge in [-0.2, -0.15) is 0 Å². The second-order valence-corrected chi connectivity index (χ2v) is 9.74. The van der Waals surface area contributed by atoms with Crippen molar-refractivity contribution in [2.24, 2.45) is 5.73 Å².